The normalized spacial score (nSPS) is 10.5. The highest BCUT2D eigenvalue weighted by molar-refractivity contribution is 6.31. The van der Waals surface area contributed by atoms with Crippen molar-refractivity contribution in [1.29, 1.82) is 0 Å². The predicted octanol–water partition coefficient (Wildman–Crippen LogP) is 5.15. The zero-order valence-corrected chi connectivity index (χ0v) is 13.8. The van der Waals surface area contributed by atoms with Gasteiger partial charge in [0.2, 0.25) is 0 Å². The molecule has 0 aliphatic rings. The maximum Gasteiger partial charge on any atom is 0.256 e. The Morgan fingerprint density at radius 3 is 2.50 bits per heavy atom. The number of hydrogen-bond donors (Lipinski definition) is 2. The number of rotatable bonds is 4. The number of hydrogen-bond acceptors (Lipinski definition) is 3. The van der Waals surface area contributed by atoms with Gasteiger partial charge >= 0.3 is 0 Å². The minimum atomic E-state index is -1.56. The van der Waals surface area contributed by atoms with E-state index in [0.29, 0.717) is 16.3 Å². The number of nitrogens with one attached hydrogen (secondary N) is 2. The van der Waals surface area contributed by atoms with Crippen LogP contribution in [-0.4, -0.2) is 10.9 Å². The largest absolute Gasteiger partial charge is 0.352 e. The number of anilines is 3. The van der Waals surface area contributed by atoms with E-state index in [1.807, 2.05) is 0 Å². The van der Waals surface area contributed by atoms with E-state index in [4.69, 9.17) is 11.6 Å². The fraction of sp³-hybridized carbons (Fsp3) is 0. The first kappa shape index (κ1) is 17.8. The van der Waals surface area contributed by atoms with Gasteiger partial charge in [0, 0.05) is 10.6 Å². The first-order valence-electron chi connectivity index (χ1n) is 7.37. The third-order valence-electron chi connectivity index (χ3n) is 3.41. The van der Waals surface area contributed by atoms with Crippen molar-refractivity contribution in [2.75, 3.05) is 10.6 Å². The van der Waals surface area contributed by atoms with Gasteiger partial charge in [-0.1, -0.05) is 17.7 Å². The summed E-state index contributed by atoms with van der Waals surface area (Å²) in [4.78, 5) is 16.1. The third-order valence-corrected chi connectivity index (χ3v) is 3.64. The van der Waals surface area contributed by atoms with E-state index < -0.39 is 23.4 Å². The van der Waals surface area contributed by atoms with Gasteiger partial charge in [0.15, 0.2) is 17.5 Å². The molecule has 0 fully saturated rings. The first-order chi connectivity index (χ1) is 12.4. The SMILES string of the molecule is O=C(Nc1ccc(Nc2ccc(F)c(F)c2F)cn1)c1cccc(Cl)c1. The summed E-state index contributed by atoms with van der Waals surface area (Å²) in [5.74, 6) is -4.31. The van der Waals surface area contributed by atoms with Crippen molar-refractivity contribution in [3.05, 3.63) is 82.8 Å². The number of carbonyl (C=O) groups is 1. The molecule has 0 saturated carbocycles. The molecule has 3 rings (SSSR count). The van der Waals surface area contributed by atoms with Gasteiger partial charge in [-0.25, -0.2) is 18.2 Å². The smallest absolute Gasteiger partial charge is 0.256 e. The quantitative estimate of drug-likeness (QED) is 0.618. The highest BCUT2D eigenvalue weighted by atomic mass is 35.5. The Labute approximate surface area is 151 Å². The average molecular weight is 378 g/mol. The molecule has 2 aromatic carbocycles. The molecule has 1 amide bonds. The van der Waals surface area contributed by atoms with Crippen LogP contribution in [0.4, 0.5) is 30.4 Å². The average Bonchev–Trinajstić information content (AvgIpc) is 2.64. The number of nitrogens with zero attached hydrogens (tertiary/aromatic N) is 1. The number of benzene rings is 2. The standard InChI is InChI=1S/C18H11ClF3N3O/c19-11-3-1-2-10(8-11)18(26)25-15-7-4-12(9-23-15)24-14-6-5-13(20)16(21)17(14)22/h1-9,24H,(H,23,25,26). The van der Waals surface area contributed by atoms with Crippen LogP contribution >= 0.6 is 11.6 Å². The van der Waals surface area contributed by atoms with E-state index in [1.165, 1.54) is 24.4 Å². The van der Waals surface area contributed by atoms with Crippen LogP contribution in [0.15, 0.2) is 54.7 Å². The maximum absolute atomic E-state index is 13.7. The van der Waals surface area contributed by atoms with Crippen LogP contribution in [0.25, 0.3) is 0 Å². The molecule has 8 heteroatoms. The predicted molar refractivity (Wildman–Crippen MR) is 93.2 cm³/mol. The molecular formula is C18H11ClF3N3O. The molecule has 0 aliphatic heterocycles. The number of carbonyl (C=O) groups excluding carboxylic acids is 1. The van der Waals surface area contributed by atoms with Crippen molar-refractivity contribution >= 4 is 34.7 Å². The molecule has 26 heavy (non-hydrogen) atoms. The minimum Gasteiger partial charge on any atom is -0.352 e. The number of amides is 1. The second-order valence-electron chi connectivity index (χ2n) is 5.24. The molecule has 0 bridgehead atoms. The molecule has 1 heterocycles. The highest BCUT2D eigenvalue weighted by Crippen LogP contribution is 2.23. The molecule has 4 nitrogen and oxygen atoms in total. The Hall–Kier alpha value is -3.06. The molecule has 0 unspecified atom stereocenters. The van der Waals surface area contributed by atoms with Crippen LogP contribution in [0.1, 0.15) is 10.4 Å². The maximum atomic E-state index is 13.7. The summed E-state index contributed by atoms with van der Waals surface area (Å²) in [5, 5.41) is 5.60. The molecule has 0 aliphatic carbocycles. The van der Waals surface area contributed by atoms with Gasteiger partial charge in [0.25, 0.3) is 5.91 Å². The molecule has 132 valence electrons. The van der Waals surface area contributed by atoms with Crippen molar-refractivity contribution < 1.29 is 18.0 Å². The van der Waals surface area contributed by atoms with E-state index in [0.717, 1.165) is 12.1 Å². The molecule has 1 aromatic heterocycles. The van der Waals surface area contributed by atoms with Gasteiger partial charge in [-0.15, -0.1) is 0 Å². The van der Waals surface area contributed by atoms with E-state index in [1.54, 1.807) is 18.2 Å². The zero-order chi connectivity index (χ0) is 18.7. The molecule has 0 atom stereocenters. The van der Waals surface area contributed by atoms with Crippen molar-refractivity contribution in [1.82, 2.24) is 4.98 Å². The fourth-order valence-electron chi connectivity index (χ4n) is 2.14. The molecule has 0 radical (unpaired) electrons. The summed E-state index contributed by atoms with van der Waals surface area (Å²) >= 11 is 5.84. The van der Waals surface area contributed by atoms with Crippen LogP contribution in [0.5, 0.6) is 0 Å². The van der Waals surface area contributed by atoms with Crippen molar-refractivity contribution in [3.8, 4) is 0 Å². The minimum absolute atomic E-state index is 0.235. The van der Waals surface area contributed by atoms with Crippen molar-refractivity contribution in [2.45, 2.75) is 0 Å². The zero-order valence-electron chi connectivity index (χ0n) is 13.1. The summed E-state index contributed by atoms with van der Waals surface area (Å²) in [5.41, 5.74) is 0.461. The lowest BCUT2D eigenvalue weighted by Crippen LogP contribution is -2.12. The van der Waals surface area contributed by atoms with Gasteiger partial charge in [-0.2, -0.15) is 0 Å². The second-order valence-corrected chi connectivity index (χ2v) is 5.68. The van der Waals surface area contributed by atoms with Crippen LogP contribution in [0, 0.1) is 17.5 Å². The summed E-state index contributed by atoms with van der Waals surface area (Å²) in [6, 6.07) is 11.3. The van der Waals surface area contributed by atoms with Gasteiger partial charge in [-0.3, -0.25) is 4.79 Å². The second kappa shape index (κ2) is 7.45. The Kier molecular flexibility index (Phi) is 5.09. The van der Waals surface area contributed by atoms with Crippen LogP contribution in [0.2, 0.25) is 5.02 Å². The van der Waals surface area contributed by atoms with Gasteiger partial charge in [-0.05, 0) is 42.5 Å². The van der Waals surface area contributed by atoms with E-state index in [2.05, 4.69) is 15.6 Å². The fourth-order valence-corrected chi connectivity index (χ4v) is 2.33. The summed E-state index contributed by atoms with van der Waals surface area (Å²) in [7, 11) is 0. The first-order valence-corrected chi connectivity index (χ1v) is 7.75. The lowest BCUT2D eigenvalue weighted by Gasteiger charge is -2.09. The van der Waals surface area contributed by atoms with Crippen LogP contribution in [0.3, 0.4) is 0 Å². The monoisotopic (exact) mass is 377 g/mol. The molecule has 0 saturated heterocycles. The topological polar surface area (TPSA) is 54.0 Å². The lowest BCUT2D eigenvalue weighted by molar-refractivity contribution is 0.102. The van der Waals surface area contributed by atoms with Gasteiger partial charge in [0.05, 0.1) is 17.6 Å². The summed E-state index contributed by atoms with van der Waals surface area (Å²) in [6.45, 7) is 0. The van der Waals surface area contributed by atoms with Crippen LogP contribution in [-0.2, 0) is 0 Å². The molecular weight excluding hydrogens is 367 g/mol. The Balaban J connectivity index is 1.71. The third kappa shape index (κ3) is 3.94. The van der Waals surface area contributed by atoms with Gasteiger partial charge < -0.3 is 10.6 Å². The molecule has 2 N–H and O–H groups in total. The van der Waals surface area contributed by atoms with Gasteiger partial charge in [0.1, 0.15) is 5.82 Å². The number of aromatic nitrogens is 1. The van der Waals surface area contributed by atoms with Crippen molar-refractivity contribution in [3.63, 3.8) is 0 Å². The van der Waals surface area contributed by atoms with E-state index in [-0.39, 0.29) is 11.5 Å². The Morgan fingerprint density at radius 2 is 1.81 bits per heavy atom. The van der Waals surface area contributed by atoms with Crippen molar-refractivity contribution in [2.24, 2.45) is 0 Å². The van der Waals surface area contributed by atoms with E-state index in [9.17, 15) is 18.0 Å². The summed E-state index contributed by atoms with van der Waals surface area (Å²) in [6.07, 6.45) is 1.31. The highest BCUT2D eigenvalue weighted by Gasteiger charge is 2.13. The number of pyridine rings is 1. The lowest BCUT2D eigenvalue weighted by atomic mass is 10.2. The molecule has 3 aromatic rings. The van der Waals surface area contributed by atoms with Crippen LogP contribution < -0.4 is 10.6 Å². The van der Waals surface area contributed by atoms with E-state index >= 15 is 0 Å². The number of halogens is 4. The molecule has 0 spiro atoms. The Bertz CT molecular complexity index is 964. The Morgan fingerprint density at radius 1 is 1.00 bits per heavy atom. The summed E-state index contributed by atoms with van der Waals surface area (Å²) < 4.78 is 39.8.